The van der Waals surface area contributed by atoms with Crippen molar-refractivity contribution in [2.45, 2.75) is 13.0 Å². The summed E-state index contributed by atoms with van der Waals surface area (Å²) in [4.78, 5) is 11.5. The van der Waals surface area contributed by atoms with E-state index in [1.165, 1.54) is 7.11 Å². The molecule has 0 fully saturated rings. The van der Waals surface area contributed by atoms with Crippen LogP contribution in [0.25, 0.3) is 0 Å². The van der Waals surface area contributed by atoms with Crippen LogP contribution in [0.2, 0.25) is 0 Å². The molecule has 0 radical (unpaired) electrons. The monoisotopic (exact) mass is 348 g/mol. The zero-order valence-corrected chi connectivity index (χ0v) is 14.1. The smallest absolute Gasteiger partial charge is 0.122 e. The molecule has 2 aromatic rings. The van der Waals surface area contributed by atoms with E-state index in [1.807, 2.05) is 13.0 Å². The molecule has 0 aliphatic carbocycles. The summed E-state index contributed by atoms with van der Waals surface area (Å²) in [6, 6.07) is 10.8. The van der Waals surface area contributed by atoms with Gasteiger partial charge in [0, 0.05) is 11.3 Å². The molecule has 1 atom stereocenters. The summed E-state index contributed by atoms with van der Waals surface area (Å²) >= 11 is 0. The van der Waals surface area contributed by atoms with Gasteiger partial charge < -0.3 is 25.7 Å². The Labute approximate surface area is 146 Å². The molecule has 0 saturated carbocycles. The molecule has 0 aliphatic rings. The number of nitrogens with one attached hydrogen (secondary N) is 2. The third-order valence-corrected chi connectivity index (χ3v) is 3.38. The van der Waals surface area contributed by atoms with Gasteiger partial charge in [-0.15, -0.1) is 12.4 Å². The molecular formula is C17H19ClN3O3-. The number of carboxylic acid groups (broad SMARTS) is 1. The Morgan fingerprint density at radius 3 is 2.38 bits per heavy atom. The molecule has 2 aromatic carbocycles. The van der Waals surface area contributed by atoms with E-state index in [0.29, 0.717) is 22.6 Å². The Bertz CT molecular complexity index is 732. The molecule has 7 heteroatoms. The van der Waals surface area contributed by atoms with Crippen LogP contribution in [0.15, 0.2) is 42.5 Å². The van der Waals surface area contributed by atoms with Crippen LogP contribution in [-0.2, 0) is 4.79 Å². The first kappa shape index (κ1) is 19.3. The van der Waals surface area contributed by atoms with Crippen LogP contribution in [0.1, 0.15) is 22.7 Å². The normalized spacial score (nSPS) is 11.1. The van der Waals surface area contributed by atoms with Gasteiger partial charge in [0.1, 0.15) is 11.6 Å². The summed E-state index contributed by atoms with van der Waals surface area (Å²) in [7, 11) is 1.53. The number of benzene rings is 2. The van der Waals surface area contributed by atoms with Crippen molar-refractivity contribution in [1.82, 2.24) is 0 Å². The third kappa shape index (κ3) is 4.63. The summed E-state index contributed by atoms with van der Waals surface area (Å²) in [5.41, 5.74) is 7.98. The average Bonchev–Trinajstić information content (AvgIpc) is 2.52. The first-order valence-corrected chi connectivity index (χ1v) is 6.98. The van der Waals surface area contributed by atoms with Gasteiger partial charge >= 0.3 is 0 Å². The Kier molecular flexibility index (Phi) is 6.61. The van der Waals surface area contributed by atoms with Crippen molar-refractivity contribution in [2.24, 2.45) is 5.73 Å². The van der Waals surface area contributed by atoms with Crippen molar-refractivity contribution in [2.75, 3.05) is 12.4 Å². The molecular weight excluding hydrogens is 330 g/mol. The zero-order valence-electron chi connectivity index (χ0n) is 13.3. The number of nitrogen functional groups attached to an aromatic ring is 1. The standard InChI is InChI=1S/C17H19N3O3.ClH/c1-10-7-12(9-14(8-10)23-2)15(17(21)22)20-13-5-3-11(4-6-13)16(18)19;/h3-9,15,20H,1-2H3,(H3,18,19)(H,21,22);1H/p-1. The van der Waals surface area contributed by atoms with Gasteiger partial charge in [-0.3, -0.25) is 5.41 Å². The molecule has 4 N–H and O–H groups in total. The van der Waals surface area contributed by atoms with Crippen LogP contribution in [-0.4, -0.2) is 18.9 Å². The van der Waals surface area contributed by atoms with E-state index < -0.39 is 12.0 Å². The first-order chi connectivity index (χ1) is 10.9. The number of aliphatic carboxylic acids is 1. The highest BCUT2D eigenvalue weighted by molar-refractivity contribution is 5.95. The molecule has 0 amide bonds. The number of carbonyl (C=O) groups excluding carboxylic acids is 1. The lowest BCUT2D eigenvalue weighted by atomic mass is 10.0. The number of methoxy groups -OCH3 is 1. The summed E-state index contributed by atoms with van der Waals surface area (Å²) in [6.07, 6.45) is 0. The minimum atomic E-state index is -1.24. The van der Waals surface area contributed by atoms with Gasteiger partial charge in [-0.25, -0.2) is 0 Å². The molecule has 1 unspecified atom stereocenters. The molecule has 2 rings (SSSR count). The molecule has 128 valence electrons. The highest BCUT2D eigenvalue weighted by Gasteiger charge is 2.14. The topological polar surface area (TPSA) is 111 Å². The van der Waals surface area contributed by atoms with Crippen LogP contribution in [0.3, 0.4) is 0 Å². The molecule has 0 aliphatic heterocycles. The second-order valence-corrected chi connectivity index (χ2v) is 5.17. The van der Waals surface area contributed by atoms with E-state index in [1.54, 1.807) is 36.4 Å². The van der Waals surface area contributed by atoms with Crippen molar-refractivity contribution >= 4 is 29.9 Å². The quantitative estimate of drug-likeness (QED) is 0.542. The summed E-state index contributed by atoms with van der Waals surface area (Å²) in [5, 5.41) is 21.8. The van der Waals surface area contributed by atoms with Crippen molar-refractivity contribution < 1.29 is 14.6 Å². The van der Waals surface area contributed by atoms with Crippen LogP contribution in [0.4, 0.5) is 5.69 Å². The van der Waals surface area contributed by atoms with Crippen molar-refractivity contribution in [3.63, 3.8) is 0 Å². The molecule has 0 spiro atoms. The molecule has 0 saturated heterocycles. The number of carbonyl (C=O) groups is 1. The summed E-state index contributed by atoms with van der Waals surface area (Å²) in [5.74, 6) is -0.704. The maximum atomic E-state index is 11.5. The second-order valence-electron chi connectivity index (χ2n) is 5.17. The fourth-order valence-corrected chi connectivity index (χ4v) is 2.25. The Morgan fingerprint density at radius 2 is 1.88 bits per heavy atom. The van der Waals surface area contributed by atoms with E-state index in [0.717, 1.165) is 5.56 Å². The second kappa shape index (κ2) is 8.21. The number of hydrogen-bond acceptors (Lipinski definition) is 5. The number of hydrogen-bond donors (Lipinski definition) is 3. The number of aryl methyl sites for hydroxylation is 1. The lowest BCUT2D eigenvalue weighted by molar-refractivity contribution is -0.307. The Balaban J connectivity index is 0.00000288. The van der Waals surface area contributed by atoms with Crippen LogP contribution in [0, 0.1) is 12.3 Å². The zero-order chi connectivity index (χ0) is 17.0. The van der Waals surface area contributed by atoms with Crippen molar-refractivity contribution in [3.05, 3.63) is 59.2 Å². The van der Waals surface area contributed by atoms with E-state index in [4.69, 9.17) is 15.9 Å². The molecule has 0 heterocycles. The number of ether oxygens (including phenoxy) is 1. The predicted molar refractivity (Wildman–Crippen MR) is 93.8 cm³/mol. The highest BCUT2D eigenvalue weighted by Crippen LogP contribution is 2.25. The van der Waals surface area contributed by atoms with Crippen LogP contribution >= 0.6 is 12.4 Å². The molecule has 0 aromatic heterocycles. The van der Waals surface area contributed by atoms with E-state index in [9.17, 15) is 9.90 Å². The molecule has 0 bridgehead atoms. The summed E-state index contributed by atoms with van der Waals surface area (Å²) in [6.45, 7) is 1.86. The Morgan fingerprint density at radius 1 is 1.25 bits per heavy atom. The maximum Gasteiger partial charge on any atom is 0.122 e. The van der Waals surface area contributed by atoms with Gasteiger partial charge in [0.15, 0.2) is 0 Å². The fraction of sp³-hybridized carbons (Fsp3) is 0.176. The van der Waals surface area contributed by atoms with Gasteiger partial charge in [-0.1, -0.05) is 6.07 Å². The van der Waals surface area contributed by atoms with Gasteiger partial charge in [0.05, 0.1) is 19.1 Å². The number of amidine groups is 1. The van der Waals surface area contributed by atoms with Crippen LogP contribution < -0.4 is 20.9 Å². The third-order valence-electron chi connectivity index (χ3n) is 3.38. The number of halogens is 1. The minimum absolute atomic E-state index is 0. The van der Waals surface area contributed by atoms with Crippen molar-refractivity contribution in [3.8, 4) is 5.75 Å². The summed E-state index contributed by atoms with van der Waals surface area (Å²) < 4.78 is 5.18. The van der Waals surface area contributed by atoms with E-state index >= 15 is 0 Å². The van der Waals surface area contributed by atoms with Gasteiger partial charge in [-0.05, 0) is 54.4 Å². The minimum Gasteiger partial charge on any atom is -0.548 e. The first-order valence-electron chi connectivity index (χ1n) is 6.98. The fourth-order valence-electron chi connectivity index (χ4n) is 2.25. The van der Waals surface area contributed by atoms with Gasteiger partial charge in [-0.2, -0.15) is 0 Å². The van der Waals surface area contributed by atoms with Crippen molar-refractivity contribution in [1.29, 1.82) is 5.41 Å². The number of anilines is 1. The van der Waals surface area contributed by atoms with E-state index in [-0.39, 0.29) is 18.2 Å². The van der Waals surface area contributed by atoms with Crippen LogP contribution in [0.5, 0.6) is 5.75 Å². The molecule has 24 heavy (non-hydrogen) atoms. The SMILES string of the molecule is COc1cc(C)cc(C(Nc2ccc(C(=N)N)cc2)C(=O)[O-])c1.Cl. The lowest BCUT2D eigenvalue weighted by Crippen LogP contribution is -2.34. The number of rotatable bonds is 6. The van der Waals surface area contributed by atoms with Gasteiger partial charge in [0.25, 0.3) is 0 Å². The van der Waals surface area contributed by atoms with E-state index in [2.05, 4.69) is 5.32 Å². The molecule has 6 nitrogen and oxygen atoms in total. The maximum absolute atomic E-state index is 11.5. The lowest BCUT2D eigenvalue weighted by Gasteiger charge is -2.22. The average molecular weight is 349 g/mol. The predicted octanol–water partition coefficient (Wildman–Crippen LogP) is 1.61. The highest BCUT2D eigenvalue weighted by atomic mass is 35.5. The largest absolute Gasteiger partial charge is 0.548 e. The van der Waals surface area contributed by atoms with Gasteiger partial charge in [0.2, 0.25) is 0 Å². The Hall–Kier alpha value is -2.73. The number of nitrogens with two attached hydrogens (primary N) is 1. The number of carboxylic acids is 1.